The van der Waals surface area contributed by atoms with Gasteiger partial charge in [0.1, 0.15) is 16.9 Å². The van der Waals surface area contributed by atoms with Crippen LogP contribution in [0.25, 0.3) is 0 Å². The molecule has 2 unspecified atom stereocenters. The second-order valence-electron chi connectivity index (χ2n) is 4.02. The van der Waals surface area contributed by atoms with Crippen molar-refractivity contribution in [2.24, 2.45) is 0 Å². The molecule has 1 aromatic carbocycles. The quantitative estimate of drug-likeness (QED) is 0.667. The Hall–Kier alpha value is -1.33. The van der Waals surface area contributed by atoms with Crippen molar-refractivity contribution in [3.63, 3.8) is 0 Å². The van der Waals surface area contributed by atoms with Crippen molar-refractivity contribution >= 4 is 17.3 Å². The number of nitro benzene ring substituents is 1. The van der Waals surface area contributed by atoms with Crippen LogP contribution in [-0.4, -0.2) is 22.2 Å². The zero-order valence-corrected chi connectivity index (χ0v) is 9.76. The number of halogens is 1. The summed E-state index contributed by atoms with van der Waals surface area (Å²) in [6.45, 7) is 0. The van der Waals surface area contributed by atoms with Gasteiger partial charge in [-0.2, -0.15) is 0 Å². The number of aliphatic hydroxyl groups is 1. The topological polar surface area (TPSA) is 72.6 Å². The van der Waals surface area contributed by atoms with Gasteiger partial charge in [0.15, 0.2) is 0 Å². The minimum Gasteiger partial charge on any atom is -0.488 e. The lowest BCUT2D eigenvalue weighted by Crippen LogP contribution is -2.25. The van der Waals surface area contributed by atoms with Gasteiger partial charge in [0.05, 0.1) is 11.0 Å². The van der Waals surface area contributed by atoms with Crippen LogP contribution in [-0.2, 0) is 0 Å². The third kappa shape index (κ3) is 2.68. The first kappa shape index (κ1) is 12.1. The summed E-state index contributed by atoms with van der Waals surface area (Å²) < 4.78 is 5.55. The summed E-state index contributed by atoms with van der Waals surface area (Å²) in [5, 5.41) is 20.2. The molecule has 2 atom stereocenters. The van der Waals surface area contributed by atoms with E-state index in [1.165, 1.54) is 18.2 Å². The molecule has 0 bridgehead atoms. The number of ether oxygens (including phenoxy) is 1. The lowest BCUT2D eigenvalue weighted by Gasteiger charge is -2.17. The van der Waals surface area contributed by atoms with Crippen LogP contribution in [0, 0.1) is 10.1 Å². The van der Waals surface area contributed by atoms with Crippen LogP contribution in [0.3, 0.4) is 0 Å². The molecule has 0 spiro atoms. The molecule has 5 nitrogen and oxygen atoms in total. The molecule has 1 aromatic rings. The number of nitro groups is 1. The van der Waals surface area contributed by atoms with Crippen molar-refractivity contribution in [2.45, 2.75) is 31.5 Å². The van der Waals surface area contributed by atoms with Crippen LogP contribution in [0.5, 0.6) is 5.75 Å². The molecule has 0 heterocycles. The Labute approximate surface area is 103 Å². The van der Waals surface area contributed by atoms with E-state index in [2.05, 4.69) is 0 Å². The standard InChI is InChI=1S/C11H12ClNO4/c12-8-6-7(4-5-9(8)13(15)16)17-11-3-1-2-10(11)14/h4-6,10-11,14H,1-3H2. The smallest absolute Gasteiger partial charge is 0.288 e. The van der Waals surface area contributed by atoms with Gasteiger partial charge >= 0.3 is 0 Å². The maximum atomic E-state index is 10.6. The summed E-state index contributed by atoms with van der Waals surface area (Å²) >= 11 is 5.76. The van der Waals surface area contributed by atoms with Gasteiger partial charge in [-0.3, -0.25) is 10.1 Å². The van der Waals surface area contributed by atoms with Crippen molar-refractivity contribution in [1.29, 1.82) is 0 Å². The third-order valence-electron chi connectivity index (χ3n) is 2.82. The van der Waals surface area contributed by atoms with E-state index in [0.717, 1.165) is 19.3 Å². The third-order valence-corrected chi connectivity index (χ3v) is 3.12. The largest absolute Gasteiger partial charge is 0.488 e. The number of hydrogen-bond donors (Lipinski definition) is 1. The molecule has 6 heteroatoms. The van der Waals surface area contributed by atoms with Gasteiger partial charge in [-0.05, 0) is 25.3 Å². The van der Waals surface area contributed by atoms with Crippen molar-refractivity contribution in [3.05, 3.63) is 33.3 Å². The Morgan fingerprint density at radius 3 is 2.76 bits per heavy atom. The van der Waals surface area contributed by atoms with Gasteiger partial charge in [-0.15, -0.1) is 0 Å². The summed E-state index contributed by atoms with van der Waals surface area (Å²) in [4.78, 5) is 10.0. The summed E-state index contributed by atoms with van der Waals surface area (Å²) in [6, 6.07) is 4.21. The highest BCUT2D eigenvalue weighted by atomic mass is 35.5. The fraction of sp³-hybridized carbons (Fsp3) is 0.455. The molecular formula is C11H12ClNO4. The average Bonchev–Trinajstić information content (AvgIpc) is 2.64. The van der Waals surface area contributed by atoms with Crippen LogP contribution in [0.15, 0.2) is 18.2 Å². The van der Waals surface area contributed by atoms with Gasteiger partial charge in [0.25, 0.3) is 5.69 Å². The Balaban J connectivity index is 2.12. The molecular weight excluding hydrogens is 246 g/mol. The summed E-state index contributed by atoms with van der Waals surface area (Å²) in [5.41, 5.74) is -0.147. The maximum absolute atomic E-state index is 10.6. The number of aliphatic hydroxyl groups excluding tert-OH is 1. The van der Waals surface area contributed by atoms with Crippen molar-refractivity contribution in [2.75, 3.05) is 0 Å². The number of nitrogens with zero attached hydrogens (tertiary/aromatic N) is 1. The molecule has 0 saturated heterocycles. The highest BCUT2D eigenvalue weighted by Gasteiger charge is 2.27. The van der Waals surface area contributed by atoms with Crippen LogP contribution >= 0.6 is 11.6 Å². The Kier molecular flexibility index (Phi) is 3.49. The van der Waals surface area contributed by atoms with E-state index in [9.17, 15) is 15.2 Å². The normalized spacial score (nSPS) is 23.6. The van der Waals surface area contributed by atoms with Gasteiger partial charge in [0, 0.05) is 12.1 Å². The van der Waals surface area contributed by atoms with E-state index in [0.29, 0.717) is 5.75 Å². The van der Waals surface area contributed by atoms with E-state index in [1.54, 1.807) is 0 Å². The summed E-state index contributed by atoms with van der Waals surface area (Å²) in [6.07, 6.45) is 1.73. The molecule has 0 aliphatic heterocycles. The van der Waals surface area contributed by atoms with Gasteiger partial charge < -0.3 is 9.84 Å². The predicted octanol–water partition coefficient (Wildman–Crippen LogP) is 2.54. The first-order valence-electron chi connectivity index (χ1n) is 5.36. The molecule has 2 rings (SSSR count). The maximum Gasteiger partial charge on any atom is 0.288 e. The molecule has 1 saturated carbocycles. The van der Waals surface area contributed by atoms with Crippen LogP contribution in [0.1, 0.15) is 19.3 Å². The molecule has 0 amide bonds. The number of benzene rings is 1. The highest BCUT2D eigenvalue weighted by Crippen LogP contribution is 2.31. The minimum atomic E-state index is -0.545. The lowest BCUT2D eigenvalue weighted by molar-refractivity contribution is -0.384. The molecule has 1 aliphatic rings. The molecule has 0 aromatic heterocycles. The van der Waals surface area contributed by atoms with E-state index < -0.39 is 11.0 Å². The fourth-order valence-electron chi connectivity index (χ4n) is 1.93. The van der Waals surface area contributed by atoms with E-state index in [-0.39, 0.29) is 16.8 Å². The van der Waals surface area contributed by atoms with E-state index >= 15 is 0 Å². The average molecular weight is 258 g/mol. The Morgan fingerprint density at radius 1 is 1.47 bits per heavy atom. The molecule has 1 aliphatic carbocycles. The van der Waals surface area contributed by atoms with Crippen molar-refractivity contribution in [3.8, 4) is 5.75 Å². The first-order chi connectivity index (χ1) is 8.08. The number of hydrogen-bond acceptors (Lipinski definition) is 4. The lowest BCUT2D eigenvalue weighted by atomic mass is 10.2. The summed E-state index contributed by atoms with van der Waals surface area (Å²) in [5.74, 6) is 0.451. The number of rotatable bonds is 3. The second-order valence-corrected chi connectivity index (χ2v) is 4.43. The molecule has 1 N–H and O–H groups in total. The van der Waals surface area contributed by atoms with Crippen LogP contribution in [0.2, 0.25) is 5.02 Å². The SMILES string of the molecule is O=[N+]([O-])c1ccc(OC2CCCC2O)cc1Cl. The Morgan fingerprint density at radius 2 is 2.24 bits per heavy atom. The van der Waals surface area contributed by atoms with Crippen molar-refractivity contribution in [1.82, 2.24) is 0 Å². The van der Waals surface area contributed by atoms with E-state index in [1.807, 2.05) is 0 Å². The second kappa shape index (κ2) is 4.89. The fourth-order valence-corrected chi connectivity index (χ4v) is 2.17. The minimum absolute atomic E-state index is 0.0417. The zero-order valence-electron chi connectivity index (χ0n) is 9.01. The molecule has 0 radical (unpaired) electrons. The van der Waals surface area contributed by atoms with Gasteiger partial charge in [-0.1, -0.05) is 11.6 Å². The van der Waals surface area contributed by atoms with Crippen LogP contribution < -0.4 is 4.74 Å². The molecule has 17 heavy (non-hydrogen) atoms. The van der Waals surface area contributed by atoms with E-state index in [4.69, 9.17) is 16.3 Å². The summed E-state index contributed by atoms with van der Waals surface area (Å²) in [7, 11) is 0. The highest BCUT2D eigenvalue weighted by molar-refractivity contribution is 6.32. The predicted molar refractivity (Wildman–Crippen MR) is 62.4 cm³/mol. The van der Waals surface area contributed by atoms with Crippen LogP contribution in [0.4, 0.5) is 5.69 Å². The van der Waals surface area contributed by atoms with Gasteiger partial charge in [-0.25, -0.2) is 0 Å². The van der Waals surface area contributed by atoms with Crippen molar-refractivity contribution < 1.29 is 14.8 Å². The first-order valence-corrected chi connectivity index (χ1v) is 5.74. The monoisotopic (exact) mass is 257 g/mol. The molecule has 92 valence electrons. The van der Waals surface area contributed by atoms with Gasteiger partial charge in [0.2, 0.25) is 0 Å². The molecule has 1 fully saturated rings. The Bertz CT molecular complexity index is 437. The zero-order chi connectivity index (χ0) is 12.4.